The van der Waals surface area contributed by atoms with E-state index in [4.69, 9.17) is 4.74 Å². The summed E-state index contributed by atoms with van der Waals surface area (Å²) in [6.07, 6.45) is 3.98. The number of thiophene rings is 1. The Kier molecular flexibility index (Phi) is 6.99. The zero-order valence-electron chi connectivity index (χ0n) is 18.1. The van der Waals surface area contributed by atoms with Crippen molar-refractivity contribution in [2.24, 2.45) is 5.92 Å². The highest BCUT2D eigenvalue weighted by molar-refractivity contribution is 7.10. The third kappa shape index (κ3) is 5.14. The Labute approximate surface area is 188 Å². The molecule has 1 aliphatic rings. The maximum atomic E-state index is 13.2. The molecule has 0 aliphatic carbocycles. The largest absolute Gasteiger partial charge is 0.496 e. The molecule has 1 aromatic carbocycles. The fraction of sp³-hybridized carbons (Fsp3) is 0.360. The summed E-state index contributed by atoms with van der Waals surface area (Å²) in [5.41, 5.74) is 2.82. The van der Waals surface area contributed by atoms with Crippen LogP contribution in [-0.4, -0.2) is 36.0 Å². The Hall–Kier alpha value is -2.70. The number of hydrogen-bond acceptors (Lipinski definition) is 5. The lowest BCUT2D eigenvalue weighted by atomic mass is 9.88. The molecule has 0 saturated carbocycles. The second-order valence-electron chi connectivity index (χ2n) is 8.07. The van der Waals surface area contributed by atoms with Gasteiger partial charge in [0.05, 0.1) is 24.4 Å². The normalized spacial score (nSPS) is 17.8. The van der Waals surface area contributed by atoms with Gasteiger partial charge in [-0.15, -0.1) is 11.3 Å². The van der Waals surface area contributed by atoms with Gasteiger partial charge in [-0.2, -0.15) is 0 Å². The van der Waals surface area contributed by atoms with Gasteiger partial charge >= 0.3 is 0 Å². The van der Waals surface area contributed by atoms with Crippen molar-refractivity contribution in [3.63, 3.8) is 0 Å². The van der Waals surface area contributed by atoms with E-state index < -0.39 is 0 Å². The van der Waals surface area contributed by atoms with Crippen molar-refractivity contribution in [3.8, 4) is 5.75 Å². The number of amides is 1. The van der Waals surface area contributed by atoms with Gasteiger partial charge in [-0.25, -0.2) is 0 Å². The molecule has 1 fully saturated rings. The number of aromatic nitrogens is 1. The lowest BCUT2D eigenvalue weighted by molar-refractivity contribution is 0.0873. The molecule has 3 aromatic rings. The molecular formula is C25H29N3O2S. The molecule has 0 spiro atoms. The number of carbonyl (C=O) groups is 1. The van der Waals surface area contributed by atoms with Crippen LogP contribution in [0.4, 0.5) is 0 Å². The molecule has 2 atom stereocenters. The number of hydrogen-bond donors (Lipinski definition) is 1. The number of nitrogens with one attached hydrogen (secondary N) is 1. The summed E-state index contributed by atoms with van der Waals surface area (Å²) < 4.78 is 5.40. The van der Waals surface area contributed by atoms with E-state index >= 15 is 0 Å². The number of para-hydroxylation sites is 1. The molecule has 3 heterocycles. The van der Waals surface area contributed by atoms with Crippen molar-refractivity contribution in [1.29, 1.82) is 0 Å². The minimum Gasteiger partial charge on any atom is -0.496 e. The van der Waals surface area contributed by atoms with Crippen molar-refractivity contribution >= 4 is 17.2 Å². The van der Waals surface area contributed by atoms with Crippen LogP contribution >= 0.6 is 11.3 Å². The van der Waals surface area contributed by atoms with Gasteiger partial charge in [0.2, 0.25) is 0 Å². The first-order valence-electron chi connectivity index (χ1n) is 10.8. The Balaban J connectivity index is 1.55. The van der Waals surface area contributed by atoms with Crippen LogP contribution in [0.3, 0.4) is 0 Å². The molecule has 31 heavy (non-hydrogen) atoms. The summed E-state index contributed by atoms with van der Waals surface area (Å²) in [5, 5.41) is 5.44. The van der Waals surface area contributed by atoms with Crippen LogP contribution < -0.4 is 10.1 Å². The highest BCUT2D eigenvalue weighted by Gasteiger charge is 2.31. The van der Waals surface area contributed by atoms with E-state index in [1.165, 1.54) is 10.4 Å². The number of rotatable bonds is 7. The van der Waals surface area contributed by atoms with Crippen molar-refractivity contribution in [2.75, 3.05) is 20.2 Å². The number of ether oxygens (including phenoxy) is 1. The molecule has 1 saturated heterocycles. The molecule has 6 heteroatoms. The Morgan fingerprint density at radius 2 is 2.10 bits per heavy atom. The quantitative estimate of drug-likeness (QED) is 0.577. The molecule has 5 nitrogen and oxygen atoms in total. The minimum absolute atomic E-state index is 0.126. The monoisotopic (exact) mass is 435 g/mol. The van der Waals surface area contributed by atoms with Crippen molar-refractivity contribution in [1.82, 2.24) is 15.2 Å². The van der Waals surface area contributed by atoms with E-state index in [0.717, 1.165) is 38.2 Å². The van der Waals surface area contributed by atoms with Crippen LogP contribution in [0.1, 0.15) is 45.4 Å². The first kappa shape index (κ1) is 21.5. The number of aryl methyl sites for hydroxylation is 1. The predicted octanol–water partition coefficient (Wildman–Crippen LogP) is 4.84. The maximum absolute atomic E-state index is 13.2. The zero-order chi connectivity index (χ0) is 21.6. The van der Waals surface area contributed by atoms with Crippen LogP contribution in [0.15, 0.2) is 60.1 Å². The van der Waals surface area contributed by atoms with Gasteiger partial charge in [-0.05, 0) is 73.5 Å². The Morgan fingerprint density at radius 1 is 1.26 bits per heavy atom. The molecule has 0 radical (unpaired) electrons. The summed E-state index contributed by atoms with van der Waals surface area (Å²) in [7, 11) is 1.59. The Morgan fingerprint density at radius 3 is 2.84 bits per heavy atom. The van der Waals surface area contributed by atoms with E-state index in [1.54, 1.807) is 19.4 Å². The minimum atomic E-state index is -0.147. The standard InChI is InChI=1S/C25H29N3O2S/c1-18-12-15-31-23(18)17-28-14-7-8-19(16-28)24(21-10-5-6-13-26-21)27-25(29)20-9-3-4-11-22(20)30-2/h3-6,9-13,15,19,24H,7-8,14,16-17H2,1-2H3,(H,27,29)/t19-,24-/m0/s1. The van der Waals surface area contributed by atoms with Crippen LogP contribution in [0, 0.1) is 12.8 Å². The van der Waals surface area contributed by atoms with Gasteiger partial charge < -0.3 is 10.1 Å². The third-order valence-electron chi connectivity index (χ3n) is 5.99. The molecule has 162 valence electrons. The van der Waals surface area contributed by atoms with E-state index in [-0.39, 0.29) is 11.9 Å². The number of pyridine rings is 1. The average Bonchev–Trinajstić information content (AvgIpc) is 3.22. The van der Waals surface area contributed by atoms with Crippen molar-refractivity contribution in [2.45, 2.75) is 32.4 Å². The number of nitrogens with zero attached hydrogens (tertiary/aromatic N) is 2. The first-order chi connectivity index (χ1) is 15.2. The molecule has 4 rings (SSSR count). The first-order valence-corrected chi connectivity index (χ1v) is 11.6. The topological polar surface area (TPSA) is 54.5 Å². The molecule has 0 unspecified atom stereocenters. The van der Waals surface area contributed by atoms with E-state index in [1.807, 2.05) is 47.7 Å². The van der Waals surface area contributed by atoms with Crippen molar-refractivity contribution < 1.29 is 9.53 Å². The second-order valence-corrected chi connectivity index (χ2v) is 9.07. The van der Waals surface area contributed by atoms with Crippen LogP contribution in [0.5, 0.6) is 5.75 Å². The average molecular weight is 436 g/mol. The van der Waals surface area contributed by atoms with Gasteiger partial charge in [0.15, 0.2) is 0 Å². The molecule has 2 aromatic heterocycles. The summed E-state index contributed by atoms with van der Waals surface area (Å²) in [6.45, 7) is 5.17. The SMILES string of the molecule is COc1ccccc1C(=O)N[C@H](c1ccccn1)[C@H]1CCCN(Cc2sccc2C)C1. The molecule has 1 amide bonds. The number of carbonyl (C=O) groups excluding carboxylic acids is 1. The van der Waals surface area contributed by atoms with Crippen LogP contribution in [-0.2, 0) is 6.54 Å². The lowest BCUT2D eigenvalue weighted by Gasteiger charge is -2.37. The van der Waals surface area contributed by atoms with Gasteiger partial charge in [0, 0.05) is 24.2 Å². The van der Waals surface area contributed by atoms with Crippen molar-refractivity contribution in [3.05, 3.63) is 81.8 Å². The fourth-order valence-electron chi connectivity index (χ4n) is 4.32. The van der Waals surface area contributed by atoms with Gasteiger partial charge in [-0.3, -0.25) is 14.7 Å². The van der Waals surface area contributed by atoms with Gasteiger partial charge in [0.1, 0.15) is 5.75 Å². The zero-order valence-corrected chi connectivity index (χ0v) is 18.9. The Bertz CT molecular complexity index is 1000. The highest BCUT2D eigenvalue weighted by Crippen LogP contribution is 2.31. The third-order valence-corrected chi connectivity index (χ3v) is 7.00. The van der Waals surface area contributed by atoms with Crippen LogP contribution in [0.2, 0.25) is 0 Å². The molecule has 1 N–H and O–H groups in total. The van der Waals surface area contributed by atoms with Gasteiger partial charge in [-0.1, -0.05) is 18.2 Å². The second kappa shape index (κ2) is 10.1. The summed E-state index contributed by atoms with van der Waals surface area (Å²) >= 11 is 1.82. The van der Waals surface area contributed by atoms with Gasteiger partial charge in [0.25, 0.3) is 5.91 Å². The lowest BCUT2D eigenvalue weighted by Crippen LogP contribution is -2.43. The van der Waals surface area contributed by atoms with Crippen LogP contribution in [0.25, 0.3) is 0 Å². The van der Waals surface area contributed by atoms with E-state index in [0.29, 0.717) is 17.2 Å². The fourth-order valence-corrected chi connectivity index (χ4v) is 5.27. The van der Waals surface area contributed by atoms with E-state index in [2.05, 4.69) is 33.6 Å². The highest BCUT2D eigenvalue weighted by atomic mass is 32.1. The summed E-state index contributed by atoms with van der Waals surface area (Å²) in [5.74, 6) is 0.750. The summed E-state index contributed by atoms with van der Waals surface area (Å²) in [6, 6.07) is 15.3. The number of likely N-dealkylation sites (tertiary alicyclic amines) is 1. The predicted molar refractivity (Wildman–Crippen MR) is 124 cm³/mol. The number of piperidine rings is 1. The van der Waals surface area contributed by atoms with E-state index in [9.17, 15) is 4.79 Å². The summed E-state index contributed by atoms with van der Waals surface area (Å²) in [4.78, 5) is 21.7. The molecular weight excluding hydrogens is 406 g/mol. The number of methoxy groups -OCH3 is 1. The smallest absolute Gasteiger partial charge is 0.255 e. The number of benzene rings is 1. The molecule has 0 bridgehead atoms. The maximum Gasteiger partial charge on any atom is 0.255 e. The molecule has 1 aliphatic heterocycles.